The quantitative estimate of drug-likeness (QED) is 0.796. The zero-order chi connectivity index (χ0) is 14.8. The van der Waals surface area contributed by atoms with Crippen LogP contribution in [0, 0.1) is 11.8 Å². The Morgan fingerprint density at radius 2 is 1.86 bits per heavy atom. The molecule has 0 aromatic carbocycles. The van der Waals surface area contributed by atoms with Crippen LogP contribution >= 0.6 is 0 Å². The van der Waals surface area contributed by atoms with Crippen LogP contribution in [-0.4, -0.2) is 54.2 Å². The van der Waals surface area contributed by atoms with Crippen molar-refractivity contribution in [2.24, 2.45) is 11.8 Å². The molecule has 3 fully saturated rings. The second-order valence-electron chi connectivity index (χ2n) is 7.20. The summed E-state index contributed by atoms with van der Waals surface area (Å²) in [4.78, 5) is 28.5. The molecule has 1 unspecified atom stereocenters. The third-order valence-electron chi connectivity index (χ3n) is 5.74. The molecule has 4 nitrogen and oxygen atoms in total. The van der Waals surface area contributed by atoms with Crippen molar-refractivity contribution in [3.63, 3.8) is 0 Å². The Labute approximate surface area is 127 Å². The smallest absolute Gasteiger partial charge is 0.223 e. The second-order valence-corrected chi connectivity index (χ2v) is 7.20. The van der Waals surface area contributed by atoms with Gasteiger partial charge in [0.15, 0.2) is 0 Å². The fraction of sp³-hybridized carbons (Fsp3) is 0.882. The number of carbonyl (C=O) groups excluding carboxylic acids is 2. The van der Waals surface area contributed by atoms with Gasteiger partial charge in [-0.2, -0.15) is 0 Å². The van der Waals surface area contributed by atoms with Crippen molar-refractivity contribution >= 4 is 11.7 Å². The Hall–Kier alpha value is -0.900. The molecule has 1 aliphatic carbocycles. The third kappa shape index (κ3) is 3.31. The van der Waals surface area contributed by atoms with Gasteiger partial charge in [0.05, 0.1) is 0 Å². The first-order valence-electron chi connectivity index (χ1n) is 8.66. The summed E-state index contributed by atoms with van der Waals surface area (Å²) in [5.74, 6) is 0.964. The number of nitrogens with zero attached hydrogens (tertiary/aromatic N) is 2. The summed E-state index contributed by atoms with van der Waals surface area (Å²) in [7, 11) is 1.81. The van der Waals surface area contributed by atoms with Gasteiger partial charge in [-0.3, -0.25) is 9.59 Å². The minimum atomic E-state index is -0.0383. The molecule has 118 valence electrons. The highest BCUT2D eigenvalue weighted by Gasteiger charge is 2.37. The number of amides is 1. The Bertz CT molecular complexity index is 404. The van der Waals surface area contributed by atoms with Gasteiger partial charge in [-0.05, 0) is 44.7 Å². The first-order valence-corrected chi connectivity index (χ1v) is 8.66. The summed E-state index contributed by atoms with van der Waals surface area (Å²) in [6.07, 6.45) is 8.83. The summed E-state index contributed by atoms with van der Waals surface area (Å²) in [5, 5.41) is 0. The van der Waals surface area contributed by atoms with Crippen LogP contribution in [0.1, 0.15) is 51.4 Å². The Morgan fingerprint density at radius 1 is 1.14 bits per heavy atom. The van der Waals surface area contributed by atoms with Gasteiger partial charge in [0, 0.05) is 38.4 Å². The van der Waals surface area contributed by atoms with E-state index in [9.17, 15) is 9.59 Å². The van der Waals surface area contributed by atoms with Crippen LogP contribution in [0.25, 0.3) is 0 Å². The van der Waals surface area contributed by atoms with Gasteiger partial charge in [-0.15, -0.1) is 0 Å². The monoisotopic (exact) mass is 292 g/mol. The minimum Gasteiger partial charge on any atom is -0.345 e. The molecule has 2 saturated heterocycles. The lowest BCUT2D eigenvalue weighted by atomic mass is 9.79. The first kappa shape index (κ1) is 15.0. The SMILES string of the molecule is CN1CC(C(=O)C[C@H]2CCCC[C@@H]2N2CCCC2)CC1=O. The van der Waals surface area contributed by atoms with Gasteiger partial charge >= 0.3 is 0 Å². The molecule has 0 aromatic rings. The Morgan fingerprint density at radius 3 is 2.52 bits per heavy atom. The van der Waals surface area contributed by atoms with Crippen molar-refractivity contribution < 1.29 is 9.59 Å². The van der Waals surface area contributed by atoms with Gasteiger partial charge in [0.2, 0.25) is 5.91 Å². The molecule has 0 N–H and O–H groups in total. The highest BCUT2D eigenvalue weighted by Crippen LogP contribution is 2.34. The van der Waals surface area contributed by atoms with Crippen LogP contribution in [0.4, 0.5) is 0 Å². The molecule has 3 aliphatic rings. The average Bonchev–Trinajstić information content (AvgIpc) is 3.10. The van der Waals surface area contributed by atoms with Crippen LogP contribution < -0.4 is 0 Å². The molecule has 0 spiro atoms. The average molecular weight is 292 g/mol. The fourth-order valence-corrected chi connectivity index (χ4v) is 4.48. The van der Waals surface area contributed by atoms with Crippen LogP contribution in [0.3, 0.4) is 0 Å². The van der Waals surface area contributed by atoms with E-state index in [0.29, 0.717) is 37.1 Å². The molecule has 3 rings (SSSR count). The Kier molecular flexibility index (Phi) is 4.63. The lowest BCUT2D eigenvalue weighted by Gasteiger charge is -2.38. The number of ketones is 1. The molecular weight excluding hydrogens is 264 g/mol. The Balaban J connectivity index is 1.59. The summed E-state index contributed by atoms with van der Waals surface area (Å²) in [6.45, 7) is 3.08. The lowest BCUT2D eigenvalue weighted by molar-refractivity contribution is -0.128. The fourth-order valence-electron chi connectivity index (χ4n) is 4.48. The first-order chi connectivity index (χ1) is 10.1. The van der Waals surface area contributed by atoms with Crippen LogP contribution in [0.2, 0.25) is 0 Å². The van der Waals surface area contributed by atoms with E-state index >= 15 is 0 Å². The summed E-state index contributed by atoms with van der Waals surface area (Å²) in [6, 6.07) is 0.625. The number of likely N-dealkylation sites (tertiary alicyclic amines) is 2. The topological polar surface area (TPSA) is 40.6 Å². The molecule has 1 amide bonds. The molecule has 21 heavy (non-hydrogen) atoms. The maximum absolute atomic E-state index is 12.6. The van der Waals surface area contributed by atoms with Crippen molar-refractivity contribution in [1.29, 1.82) is 0 Å². The van der Waals surface area contributed by atoms with Crippen molar-refractivity contribution in [3.05, 3.63) is 0 Å². The van der Waals surface area contributed by atoms with E-state index in [-0.39, 0.29) is 11.8 Å². The standard InChI is InChI=1S/C17H28N2O2/c1-18-12-14(11-17(18)21)16(20)10-13-6-2-3-7-15(13)19-8-4-5-9-19/h13-15H,2-12H2,1H3/t13-,14?,15+/m1/s1. The normalized spacial score (nSPS) is 34.6. The summed E-state index contributed by atoms with van der Waals surface area (Å²) >= 11 is 0. The van der Waals surface area contributed by atoms with Gasteiger partial charge < -0.3 is 9.80 Å². The van der Waals surface area contributed by atoms with E-state index in [1.54, 1.807) is 4.90 Å². The zero-order valence-corrected chi connectivity index (χ0v) is 13.2. The van der Waals surface area contributed by atoms with Crippen LogP contribution in [0.5, 0.6) is 0 Å². The number of hydrogen-bond acceptors (Lipinski definition) is 3. The zero-order valence-electron chi connectivity index (χ0n) is 13.2. The molecule has 3 atom stereocenters. The molecule has 1 saturated carbocycles. The van der Waals surface area contributed by atoms with E-state index in [1.807, 2.05) is 7.05 Å². The summed E-state index contributed by atoms with van der Waals surface area (Å²) in [5.41, 5.74) is 0. The molecule has 0 aromatic heterocycles. The predicted octanol–water partition coefficient (Wildman–Crippen LogP) is 2.08. The van der Waals surface area contributed by atoms with E-state index in [1.165, 1.54) is 51.6 Å². The van der Waals surface area contributed by atoms with Crippen molar-refractivity contribution in [3.8, 4) is 0 Å². The van der Waals surface area contributed by atoms with Gasteiger partial charge in [0.1, 0.15) is 5.78 Å². The molecule has 2 aliphatic heterocycles. The van der Waals surface area contributed by atoms with E-state index in [2.05, 4.69) is 4.90 Å². The number of carbonyl (C=O) groups is 2. The van der Waals surface area contributed by atoms with Crippen molar-refractivity contribution in [2.45, 2.75) is 57.4 Å². The largest absolute Gasteiger partial charge is 0.345 e. The number of rotatable bonds is 4. The predicted molar refractivity (Wildman–Crippen MR) is 81.9 cm³/mol. The molecule has 4 heteroatoms. The maximum atomic E-state index is 12.6. The highest BCUT2D eigenvalue weighted by molar-refractivity contribution is 5.90. The van der Waals surface area contributed by atoms with Gasteiger partial charge in [-0.1, -0.05) is 12.8 Å². The van der Waals surface area contributed by atoms with Crippen molar-refractivity contribution in [2.75, 3.05) is 26.7 Å². The van der Waals surface area contributed by atoms with Gasteiger partial charge in [0.25, 0.3) is 0 Å². The third-order valence-corrected chi connectivity index (χ3v) is 5.74. The maximum Gasteiger partial charge on any atom is 0.223 e. The van der Waals surface area contributed by atoms with Crippen molar-refractivity contribution in [1.82, 2.24) is 9.80 Å². The molecular formula is C17H28N2O2. The van der Waals surface area contributed by atoms with E-state index in [4.69, 9.17) is 0 Å². The number of Topliss-reactive ketones (excluding diaryl/α,β-unsaturated/α-hetero) is 1. The number of hydrogen-bond donors (Lipinski definition) is 0. The van der Waals surface area contributed by atoms with E-state index < -0.39 is 0 Å². The minimum absolute atomic E-state index is 0.0383. The van der Waals surface area contributed by atoms with E-state index in [0.717, 1.165) is 0 Å². The lowest BCUT2D eigenvalue weighted by Crippen LogP contribution is -2.42. The molecule has 2 heterocycles. The molecule has 0 radical (unpaired) electrons. The summed E-state index contributed by atoms with van der Waals surface area (Å²) < 4.78 is 0. The van der Waals surface area contributed by atoms with Crippen LogP contribution in [0.15, 0.2) is 0 Å². The second kappa shape index (κ2) is 6.47. The van der Waals surface area contributed by atoms with Crippen LogP contribution in [-0.2, 0) is 9.59 Å². The highest BCUT2D eigenvalue weighted by atomic mass is 16.2. The van der Waals surface area contributed by atoms with Gasteiger partial charge in [-0.25, -0.2) is 0 Å². The molecule has 0 bridgehead atoms.